The zero-order valence-electron chi connectivity index (χ0n) is 14.5. The van der Waals surface area contributed by atoms with Crippen LogP contribution in [0.2, 0.25) is 0 Å². The number of piperidine rings is 1. The van der Waals surface area contributed by atoms with Crippen molar-refractivity contribution in [3.63, 3.8) is 0 Å². The number of fused-ring (bicyclic) bond motifs is 2. The van der Waals surface area contributed by atoms with Gasteiger partial charge in [-0.25, -0.2) is 9.37 Å². The number of nitrogens with zero attached hydrogens (tertiary/aromatic N) is 2. The van der Waals surface area contributed by atoms with Gasteiger partial charge in [0.1, 0.15) is 5.82 Å². The van der Waals surface area contributed by atoms with Gasteiger partial charge in [0.15, 0.2) is 0 Å². The van der Waals surface area contributed by atoms with Gasteiger partial charge < -0.3 is 4.90 Å². The number of thiazole rings is 1. The van der Waals surface area contributed by atoms with Crippen LogP contribution in [0.1, 0.15) is 33.4 Å². The van der Waals surface area contributed by atoms with Crippen LogP contribution < -0.4 is 0 Å². The summed E-state index contributed by atoms with van der Waals surface area (Å²) in [6.07, 6.45) is 2.03. The molecule has 4 aromatic rings. The zero-order valence-corrected chi connectivity index (χ0v) is 16.2. The lowest BCUT2D eigenvalue weighted by Gasteiger charge is -2.31. The lowest BCUT2D eigenvalue weighted by atomic mass is 9.98. The summed E-state index contributed by atoms with van der Waals surface area (Å²) in [6.45, 7) is 1.46. The van der Waals surface area contributed by atoms with Gasteiger partial charge in [0.25, 0.3) is 5.91 Å². The molecule has 3 nitrogen and oxygen atoms in total. The van der Waals surface area contributed by atoms with Crippen molar-refractivity contribution in [2.75, 3.05) is 13.1 Å². The van der Waals surface area contributed by atoms with Gasteiger partial charge in [0, 0.05) is 23.7 Å². The highest BCUT2D eigenvalue weighted by Crippen LogP contribution is 2.34. The highest BCUT2D eigenvalue weighted by atomic mass is 32.1. The van der Waals surface area contributed by atoms with E-state index in [1.807, 2.05) is 29.2 Å². The van der Waals surface area contributed by atoms with E-state index in [1.165, 1.54) is 28.2 Å². The number of benzene rings is 2. The maximum atomic E-state index is 13.4. The molecule has 6 heteroatoms. The molecule has 1 aliphatic heterocycles. The van der Waals surface area contributed by atoms with Crippen molar-refractivity contribution in [2.24, 2.45) is 0 Å². The van der Waals surface area contributed by atoms with E-state index in [2.05, 4.69) is 6.07 Å². The fraction of sp³-hybridized carbons (Fsp3) is 0.238. The molecule has 27 heavy (non-hydrogen) atoms. The zero-order chi connectivity index (χ0) is 18.4. The Morgan fingerprint density at radius 2 is 2.00 bits per heavy atom. The standard InChI is InChI=1S/C21H17FN2OS2/c22-15-8-7-13-10-19(26-18(13)11-15)21(25)24-9-3-4-14(12-24)20-23-16-5-1-2-6-17(16)27-20/h1-2,5-8,10-11,14H,3-4,9,12H2/t14-/m1/s1. The molecule has 2 aromatic carbocycles. The number of halogens is 1. The highest BCUT2D eigenvalue weighted by molar-refractivity contribution is 7.20. The highest BCUT2D eigenvalue weighted by Gasteiger charge is 2.28. The summed E-state index contributed by atoms with van der Waals surface area (Å²) in [4.78, 5) is 20.4. The van der Waals surface area contributed by atoms with Crippen LogP contribution in [0.25, 0.3) is 20.3 Å². The Kier molecular flexibility index (Phi) is 4.17. The van der Waals surface area contributed by atoms with E-state index in [-0.39, 0.29) is 17.6 Å². The maximum absolute atomic E-state index is 13.4. The SMILES string of the molecule is O=C(c1cc2ccc(F)cc2s1)N1CCC[C@@H](c2nc3ccccc3s2)C1. The summed E-state index contributed by atoms with van der Waals surface area (Å²) in [5.74, 6) is 0.0616. The smallest absolute Gasteiger partial charge is 0.263 e. The third kappa shape index (κ3) is 3.13. The van der Waals surface area contributed by atoms with Gasteiger partial charge in [-0.05, 0) is 48.6 Å². The molecular weight excluding hydrogens is 379 g/mol. The van der Waals surface area contributed by atoms with Crippen LogP contribution in [0.15, 0.2) is 48.5 Å². The second kappa shape index (κ2) is 6.69. The van der Waals surface area contributed by atoms with Crippen LogP contribution >= 0.6 is 22.7 Å². The molecule has 1 amide bonds. The maximum Gasteiger partial charge on any atom is 0.263 e. The first-order valence-electron chi connectivity index (χ1n) is 9.01. The van der Waals surface area contributed by atoms with Crippen LogP contribution in [-0.4, -0.2) is 28.9 Å². The largest absolute Gasteiger partial charge is 0.337 e. The van der Waals surface area contributed by atoms with E-state index in [0.29, 0.717) is 11.4 Å². The molecular formula is C21H17FN2OS2. The fourth-order valence-electron chi connectivity index (χ4n) is 3.69. The van der Waals surface area contributed by atoms with E-state index in [4.69, 9.17) is 4.98 Å². The number of thiophene rings is 1. The Labute approximate surface area is 164 Å². The van der Waals surface area contributed by atoms with Gasteiger partial charge in [0.05, 0.1) is 20.1 Å². The van der Waals surface area contributed by atoms with E-state index < -0.39 is 0 Å². The number of para-hydroxylation sites is 1. The topological polar surface area (TPSA) is 33.2 Å². The van der Waals surface area contributed by atoms with Crippen LogP contribution in [0.5, 0.6) is 0 Å². The number of carbonyl (C=O) groups excluding carboxylic acids is 1. The minimum atomic E-state index is -0.266. The van der Waals surface area contributed by atoms with Gasteiger partial charge in [0.2, 0.25) is 0 Å². The van der Waals surface area contributed by atoms with Crippen LogP contribution in [0.4, 0.5) is 4.39 Å². The normalized spacial score (nSPS) is 17.7. The summed E-state index contributed by atoms with van der Waals surface area (Å²) < 4.78 is 15.4. The third-order valence-electron chi connectivity index (χ3n) is 5.06. The van der Waals surface area contributed by atoms with Crippen LogP contribution in [0, 0.1) is 5.82 Å². The lowest BCUT2D eigenvalue weighted by molar-refractivity contribution is 0.0712. The summed E-state index contributed by atoms with van der Waals surface area (Å²) in [7, 11) is 0. The molecule has 5 rings (SSSR count). The predicted molar refractivity (Wildman–Crippen MR) is 109 cm³/mol. The van der Waals surface area contributed by atoms with E-state index in [1.54, 1.807) is 17.4 Å². The molecule has 0 aliphatic carbocycles. The molecule has 0 bridgehead atoms. The molecule has 0 saturated carbocycles. The first-order valence-corrected chi connectivity index (χ1v) is 10.6. The van der Waals surface area contributed by atoms with Crippen molar-refractivity contribution in [3.05, 3.63) is 64.2 Å². The number of hydrogen-bond donors (Lipinski definition) is 0. The first kappa shape index (κ1) is 16.8. The molecule has 1 saturated heterocycles. The summed E-state index contributed by atoms with van der Waals surface area (Å²) in [5, 5.41) is 2.04. The molecule has 0 spiro atoms. The molecule has 136 valence electrons. The Balaban J connectivity index is 1.40. The van der Waals surface area contributed by atoms with Gasteiger partial charge in [-0.2, -0.15) is 0 Å². The van der Waals surface area contributed by atoms with Gasteiger partial charge in [-0.15, -0.1) is 22.7 Å². The number of rotatable bonds is 2. The Hall–Kier alpha value is -2.31. The summed E-state index contributed by atoms with van der Waals surface area (Å²) >= 11 is 3.10. The number of aromatic nitrogens is 1. The van der Waals surface area contributed by atoms with Gasteiger partial charge >= 0.3 is 0 Å². The molecule has 1 atom stereocenters. The van der Waals surface area contributed by atoms with Crippen LogP contribution in [0.3, 0.4) is 0 Å². The molecule has 2 aromatic heterocycles. The van der Waals surface area contributed by atoms with Crippen molar-refractivity contribution >= 4 is 48.9 Å². The average molecular weight is 397 g/mol. The van der Waals surface area contributed by atoms with E-state index in [0.717, 1.165) is 40.0 Å². The Morgan fingerprint density at radius 1 is 1.11 bits per heavy atom. The van der Waals surface area contributed by atoms with Crippen LogP contribution in [-0.2, 0) is 0 Å². The number of amides is 1. The fourth-order valence-corrected chi connectivity index (χ4v) is 5.84. The Bertz CT molecular complexity index is 1120. The number of hydrogen-bond acceptors (Lipinski definition) is 4. The Morgan fingerprint density at radius 3 is 2.89 bits per heavy atom. The van der Waals surface area contributed by atoms with Crippen molar-refractivity contribution in [2.45, 2.75) is 18.8 Å². The first-order chi connectivity index (χ1) is 13.2. The average Bonchev–Trinajstić information content (AvgIpc) is 3.31. The molecule has 3 heterocycles. The summed E-state index contributed by atoms with van der Waals surface area (Å²) in [6, 6.07) is 14.7. The van der Waals surface area contributed by atoms with Gasteiger partial charge in [-0.3, -0.25) is 4.79 Å². The third-order valence-corrected chi connectivity index (χ3v) is 7.35. The quantitative estimate of drug-likeness (QED) is 0.437. The number of likely N-dealkylation sites (tertiary alicyclic amines) is 1. The second-order valence-electron chi connectivity index (χ2n) is 6.90. The molecule has 1 fully saturated rings. The monoisotopic (exact) mass is 396 g/mol. The minimum absolute atomic E-state index is 0.0439. The molecule has 0 N–H and O–H groups in total. The van der Waals surface area contributed by atoms with E-state index in [9.17, 15) is 9.18 Å². The molecule has 1 aliphatic rings. The van der Waals surface area contributed by atoms with Crippen molar-refractivity contribution < 1.29 is 9.18 Å². The minimum Gasteiger partial charge on any atom is -0.337 e. The molecule has 0 radical (unpaired) electrons. The lowest BCUT2D eigenvalue weighted by Crippen LogP contribution is -2.38. The van der Waals surface area contributed by atoms with E-state index >= 15 is 0 Å². The summed E-state index contributed by atoms with van der Waals surface area (Å²) in [5.41, 5.74) is 1.03. The predicted octanol–water partition coefficient (Wildman–Crippen LogP) is 5.67. The molecule has 0 unspecified atom stereocenters. The van der Waals surface area contributed by atoms with Gasteiger partial charge in [-0.1, -0.05) is 18.2 Å². The van der Waals surface area contributed by atoms with Crippen molar-refractivity contribution in [1.82, 2.24) is 9.88 Å². The van der Waals surface area contributed by atoms with Crippen molar-refractivity contribution in [1.29, 1.82) is 0 Å². The van der Waals surface area contributed by atoms with Crippen molar-refractivity contribution in [3.8, 4) is 0 Å². The second-order valence-corrected chi connectivity index (χ2v) is 9.05. The number of carbonyl (C=O) groups is 1.